The van der Waals surface area contributed by atoms with E-state index < -0.39 is 24.2 Å². The van der Waals surface area contributed by atoms with Crippen molar-refractivity contribution in [3.05, 3.63) is 35.9 Å². The van der Waals surface area contributed by atoms with Gasteiger partial charge in [0.05, 0.1) is 0 Å². The van der Waals surface area contributed by atoms with E-state index >= 15 is 0 Å². The van der Waals surface area contributed by atoms with Crippen LogP contribution in [0, 0.1) is 0 Å². The van der Waals surface area contributed by atoms with Crippen molar-refractivity contribution >= 4 is 12.0 Å². The minimum absolute atomic E-state index is 0.141. The van der Waals surface area contributed by atoms with E-state index in [0.717, 1.165) is 5.56 Å². The summed E-state index contributed by atoms with van der Waals surface area (Å²) >= 11 is 0. The molecule has 0 radical (unpaired) electrons. The van der Waals surface area contributed by atoms with Crippen LogP contribution < -0.4 is 11.5 Å². The van der Waals surface area contributed by atoms with E-state index in [-0.39, 0.29) is 6.42 Å². The summed E-state index contributed by atoms with van der Waals surface area (Å²) in [6, 6.07) is 8.94. The van der Waals surface area contributed by atoms with E-state index in [1.54, 1.807) is 24.3 Å². The van der Waals surface area contributed by atoms with Crippen molar-refractivity contribution in [3.8, 4) is 0 Å². The van der Waals surface area contributed by atoms with Gasteiger partial charge in [0.25, 0.3) is 5.91 Å². The molecule has 0 spiro atoms. The number of rotatable bonds is 5. The van der Waals surface area contributed by atoms with Gasteiger partial charge in [-0.25, -0.2) is 4.79 Å². The Balaban J connectivity index is 2.68. The van der Waals surface area contributed by atoms with E-state index in [0.29, 0.717) is 0 Å². The number of carbonyl (C=O) groups is 2. The summed E-state index contributed by atoms with van der Waals surface area (Å²) in [7, 11) is 0. The van der Waals surface area contributed by atoms with Gasteiger partial charge in [-0.1, -0.05) is 30.3 Å². The Morgan fingerprint density at radius 3 is 2.29 bits per heavy atom. The van der Waals surface area contributed by atoms with Crippen LogP contribution in [0.5, 0.6) is 0 Å². The minimum Gasteiger partial charge on any atom is -0.433 e. The lowest BCUT2D eigenvalue weighted by Crippen LogP contribution is -2.44. The highest BCUT2D eigenvalue weighted by molar-refractivity contribution is 5.82. The zero-order chi connectivity index (χ0) is 12.8. The Hall–Kier alpha value is -2.08. The summed E-state index contributed by atoms with van der Waals surface area (Å²) in [5.41, 5.74) is 10.6. The first kappa shape index (κ1) is 13.0. The Bertz CT molecular complexity index is 394. The number of amides is 2. The fourth-order valence-electron chi connectivity index (χ4n) is 1.41. The van der Waals surface area contributed by atoms with Gasteiger partial charge in [0, 0.05) is 6.42 Å². The molecule has 92 valence electrons. The van der Waals surface area contributed by atoms with Crippen molar-refractivity contribution in [1.82, 2.24) is 0 Å². The molecule has 0 bridgehead atoms. The highest BCUT2D eigenvalue weighted by Gasteiger charge is 2.28. The van der Waals surface area contributed by atoms with Gasteiger partial charge < -0.3 is 21.3 Å². The Morgan fingerprint density at radius 1 is 1.24 bits per heavy atom. The van der Waals surface area contributed by atoms with Gasteiger partial charge in [0.1, 0.15) is 6.10 Å². The third kappa shape index (κ3) is 4.12. The lowest BCUT2D eigenvalue weighted by molar-refractivity contribution is -0.131. The molecule has 0 saturated heterocycles. The van der Waals surface area contributed by atoms with E-state index in [2.05, 4.69) is 4.74 Å². The number of nitrogens with two attached hydrogens (primary N) is 2. The number of carbonyl (C=O) groups excluding carboxylic acids is 2. The molecule has 6 heteroatoms. The predicted molar refractivity (Wildman–Crippen MR) is 59.8 cm³/mol. The summed E-state index contributed by atoms with van der Waals surface area (Å²) in [6.07, 6.45) is -3.67. The molecular weight excluding hydrogens is 224 g/mol. The Kier molecular flexibility index (Phi) is 4.47. The molecule has 1 unspecified atom stereocenters. The van der Waals surface area contributed by atoms with Gasteiger partial charge in [-0.2, -0.15) is 0 Å². The first-order valence-corrected chi connectivity index (χ1v) is 4.98. The number of benzene rings is 1. The summed E-state index contributed by atoms with van der Waals surface area (Å²) in [4.78, 5) is 21.5. The van der Waals surface area contributed by atoms with Crippen LogP contribution >= 0.6 is 0 Å². The summed E-state index contributed by atoms with van der Waals surface area (Å²) in [5.74, 6) is -0.938. The molecule has 17 heavy (non-hydrogen) atoms. The van der Waals surface area contributed by atoms with Gasteiger partial charge in [-0.05, 0) is 5.56 Å². The molecule has 0 heterocycles. The van der Waals surface area contributed by atoms with Crippen LogP contribution in [-0.2, 0) is 16.0 Å². The molecule has 0 saturated carbocycles. The van der Waals surface area contributed by atoms with Crippen molar-refractivity contribution < 1.29 is 19.4 Å². The van der Waals surface area contributed by atoms with E-state index in [1.165, 1.54) is 0 Å². The smallest absolute Gasteiger partial charge is 0.405 e. The molecule has 1 rings (SSSR count). The average molecular weight is 238 g/mol. The van der Waals surface area contributed by atoms with Gasteiger partial charge in [0.15, 0.2) is 0 Å². The van der Waals surface area contributed by atoms with Crippen LogP contribution in [0.1, 0.15) is 5.56 Å². The third-order valence-corrected chi connectivity index (χ3v) is 2.16. The largest absolute Gasteiger partial charge is 0.433 e. The second-order valence-corrected chi connectivity index (χ2v) is 3.52. The molecule has 2 amide bonds. The van der Waals surface area contributed by atoms with E-state index in [9.17, 15) is 14.7 Å². The molecule has 0 aliphatic carbocycles. The predicted octanol–water partition coefficient (Wildman–Crippen LogP) is -0.461. The average Bonchev–Trinajstić information content (AvgIpc) is 2.26. The summed E-state index contributed by atoms with van der Waals surface area (Å²) < 4.78 is 4.46. The zero-order valence-corrected chi connectivity index (χ0v) is 9.08. The molecule has 2 atom stereocenters. The van der Waals surface area contributed by atoms with Gasteiger partial charge in [-0.15, -0.1) is 0 Å². The van der Waals surface area contributed by atoms with Crippen molar-refractivity contribution in [2.45, 2.75) is 18.6 Å². The summed E-state index contributed by atoms with van der Waals surface area (Å²) in [5, 5.41) is 9.75. The highest BCUT2D eigenvalue weighted by Crippen LogP contribution is 2.08. The number of aliphatic hydroxyl groups excluding tert-OH is 1. The molecule has 0 aliphatic rings. The minimum atomic E-state index is -1.44. The molecular formula is C11H14N2O4. The second kappa shape index (κ2) is 5.86. The van der Waals surface area contributed by atoms with Crippen LogP contribution in [0.4, 0.5) is 4.79 Å². The molecule has 5 N–H and O–H groups in total. The van der Waals surface area contributed by atoms with Gasteiger partial charge >= 0.3 is 6.09 Å². The number of aliphatic hydroxyl groups is 1. The summed E-state index contributed by atoms with van der Waals surface area (Å²) in [6.45, 7) is 0. The number of hydrogen-bond acceptors (Lipinski definition) is 4. The van der Waals surface area contributed by atoms with Crippen LogP contribution in [0.25, 0.3) is 0 Å². The maximum Gasteiger partial charge on any atom is 0.405 e. The topological polar surface area (TPSA) is 116 Å². The molecule has 0 aromatic heterocycles. The monoisotopic (exact) mass is 238 g/mol. The number of hydrogen-bond donors (Lipinski definition) is 3. The van der Waals surface area contributed by atoms with Crippen molar-refractivity contribution in [2.75, 3.05) is 0 Å². The van der Waals surface area contributed by atoms with E-state index in [4.69, 9.17) is 11.5 Å². The Labute approximate surface area is 98.2 Å². The van der Waals surface area contributed by atoms with Gasteiger partial charge in [-0.3, -0.25) is 4.79 Å². The molecule has 1 aromatic rings. The molecule has 0 fully saturated rings. The molecule has 0 aliphatic heterocycles. The standard InChI is InChI=1S/C11H14N2O4/c12-10(15)9(17-11(13)16)8(14)6-7-4-2-1-3-5-7/h1-5,8-9,14H,6H2,(H2,12,15)(H2,13,16)/t8-,9?/m0/s1. The Morgan fingerprint density at radius 2 is 1.82 bits per heavy atom. The zero-order valence-electron chi connectivity index (χ0n) is 9.08. The van der Waals surface area contributed by atoms with Crippen molar-refractivity contribution in [1.29, 1.82) is 0 Å². The van der Waals surface area contributed by atoms with Crippen LogP contribution in [0.2, 0.25) is 0 Å². The fraction of sp³-hybridized carbons (Fsp3) is 0.273. The van der Waals surface area contributed by atoms with E-state index in [1.807, 2.05) is 6.07 Å². The molecule has 6 nitrogen and oxygen atoms in total. The van der Waals surface area contributed by atoms with Crippen molar-refractivity contribution in [2.24, 2.45) is 11.5 Å². The van der Waals surface area contributed by atoms with Gasteiger partial charge in [0.2, 0.25) is 6.10 Å². The lowest BCUT2D eigenvalue weighted by atomic mass is 10.0. The maximum atomic E-state index is 11.0. The quantitative estimate of drug-likeness (QED) is 0.643. The first-order valence-electron chi connectivity index (χ1n) is 4.98. The first-order chi connectivity index (χ1) is 8.00. The van der Waals surface area contributed by atoms with Crippen molar-refractivity contribution in [3.63, 3.8) is 0 Å². The fourth-order valence-corrected chi connectivity index (χ4v) is 1.41. The maximum absolute atomic E-state index is 11.0. The van der Waals surface area contributed by atoms with Crippen LogP contribution in [0.15, 0.2) is 30.3 Å². The second-order valence-electron chi connectivity index (χ2n) is 3.52. The lowest BCUT2D eigenvalue weighted by Gasteiger charge is -2.19. The normalized spacial score (nSPS) is 13.7. The van der Waals surface area contributed by atoms with Crippen LogP contribution in [-0.4, -0.2) is 29.3 Å². The highest BCUT2D eigenvalue weighted by atomic mass is 16.6. The number of ether oxygens (including phenoxy) is 1. The molecule has 1 aromatic carbocycles. The third-order valence-electron chi connectivity index (χ3n) is 2.16. The number of primary amides is 2. The SMILES string of the molecule is NC(=O)OC(C(N)=O)[C@@H](O)Cc1ccccc1. The van der Waals surface area contributed by atoms with Crippen LogP contribution in [0.3, 0.4) is 0 Å².